The first-order valence-electron chi connectivity index (χ1n) is 5.74. The van der Waals surface area contributed by atoms with Crippen molar-refractivity contribution >= 4 is 37.2 Å². The summed E-state index contributed by atoms with van der Waals surface area (Å²) < 4.78 is 22.9. The normalized spacial score (nSPS) is 15.4. The van der Waals surface area contributed by atoms with E-state index in [1.807, 2.05) is 0 Å². The van der Waals surface area contributed by atoms with E-state index in [9.17, 15) is 13.2 Å². The second-order valence-electron chi connectivity index (χ2n) is 4.69. The quantitative estimate of drug-likeness (QED) is 0.804. The van der Waals surface area contributed by atoms with E-state index in [2.05, 4.69) is 0 Å². The third kappa shape index (κ3) is 3.04. The van der Waals surface area contributed by atoms with Crippen LogP contribution in [0.2, 0.25) is 5.02 Å². The molecule has 0 spiro atoms. The molecular weight excluding hydrogens is 309 g/mol. The number of amides is 1. The van der Waals surface area contributed by atoms with Gasteiger partial charge in [-0.2, -0.15) is 0 Å². The lowest BCUT2D eigenvalue weighted by Gasteiger charge is -2.17. The molecule has 0 N–H and O–H groups in total. The molecule has 1 fully saturated rings. The molecule has 1 aromatic rings. The highest BCUT2D eigenvalue weighted by Crippen LogP contribution is 2.31. The van der Waals surface area contributed by atoms with Crippen LogP contribution in [0.4, 0.5) is 0 Å². The first-order chi connectivity index (χ1) is 8.71. The smallest absolute Gasteiger partial charge is 0.262 e. The molecule has 1 saturated carbocycles. The van der Waals surface area contributed by atoms with Crippen LogP contribution in [0.3, 0.4) is 0 Å². The number of carbonyl (C=O) groups is 1. The maximum atomic E-state index is 12.2. The van der Waals surface area contributed by atoms with Crippen LogP contribution in [-0.4, -0.2) is 32.3 Å². The van der Waals surface area contributed by atoms with Crippen molar-refractivity contribution in [3.63, 3.8) is 0 Å². The lowest BCUT2D eigenvalue weighted by molar-refractivity contribution is 0.0785. The van der Waals surface area contributed by atoms with Crippen LogP contribution in [0.5, 0.6) is 0 Å². The fraction of sp³-hybridized carbons (Fsp3) is 0.417. The molecule has 1 aromatic carbocycles. The molecule has 4 nitrogen and oxygen atoms in total. The van der Waals surface area contributed by atoms with Gasteiger partial charge in [-0.15, -0.1) is 0 Å². The molecule has 1 aliphatic rings. The molecule has 0 heterocycles. The molecule has 0 atom stereocenters. The van der Waals surface area contributed by atoms with Crippen molar-refractivity contribution in [2.45, 2.75) is 30.7 Å². The van der Waals surface area contributed by atoms with Gasteiger partial charge in [-0.05, 0) is 37.5 Å². The number of benzene rings is 1. The first kappa shape index (κ1) is 14.6. The molecule has 0 aromatic heterocycles. The van der Waals surface area contributed by atoms with Gasteiger partial charge in [-0.25, -0.2) is 8.42 Å². The summed E-state index contributed by atoms with van der Waals surface area (Å²) in [4.78, 5) is 13.6. The summed E-state index contributed by atoms with van der Waals surface area (Å²) in [6.07, 6.45) is 1.96. The SMILES string of the molecule is Cc1cc(C(=O)N(C)C2CC2)cc(S(=O)(=O)Cl)c1Cl. The summed E-state index contributed by atoms with van der Waals surface area (Å²) in [6.45, 7) is 1.64. The predicted molar refractivity (Wildman–Crippen MR) is 74.3 cm³/mol. The van der Waals surface area contributed by atoms with E-state index in [4.69, 9.17) is 22.3 Å². The van der Waals surface area contributed by atoms with Gasteiger partial charge in [0, 0.05) is 29.3 Å². The van der Waals surface area contributed by atoms with E-state index in [0.29, 0.717) is 5.56 Å². The van der Waals surface area contributed by atoms with Gasteiger partial charge in [0.15, 0.2) is 0 Å². The molecule has 104 valence electrons. The zero-order valence-electron chi connectivity index (χ0n) is 10.5. The zero-order chi connectivity index (χ0) is 14.4. The van der Waals surface area contributed by atoms with Gasteiger partial charge in [0.2, 0.25) is 0 Å². The maximum Gasteiger partial charge on any atom is 0.262 e. The van der Waals surface area contributed by atoms with Gasteiger partial charge in [0.05, 0.1) is 5.02 Å². The van der Waals surface area contributed by atoms with Crippen molar-refractivity contribution in [2.24, 2.45) is 0 Å². The molecule has 1 amide bonds. The molecule has 7 heteroatoms. The molecule has 19 heavy (non-hydrogen) atoms. The molecule has 1 aliphatic carbocycles. The Morgan fingerprint density at radius 1 is 1.37 bits per heavy atom. The Kier molecular flexibility index (Phi) is 3.82. The number of rotatable bonds is 3. The van der Waals surface area contributed by atoms with Gasteiger partial charge >= 0.3 is 0 Å². The minimum Gasteiger partial charge on any atom is -0.339 e. The van der Waals surface area contributed by atoms with Crippen LogP contribution in [0.15, 0.2) is 17.0 Å². The minimum atomic E-state index is -3.97. The van der Waals surface area contributed by atoms with E-state index in [-0.39, 0.29) is 27.4 Å². The van der Waals surface area contributed by atoms with Crippen LogP contribution in [0.25, 0.3) is 0 Å². The van der Waals surface area contributed by atoms with Gasteiger partial charge in [0.1, 0.15) is 4.90 Å². The van der Waals surface area contributed by atoms with Crippen LogP contribution >= 0.6 is 22.3 Å². The lowest BCUT2D eigenvalue weighted by atomic mass is 10.1. The van der Waals surface area contributed by atoms with Crippen molar-refractivity contribution in [3.8, 4) is 0 Å². The fourth-order valence-corrected chi connectivity index (χ4v) is 3.41. The third-order valence-electron chi connectivity index (χ3n) is 3.15. The standard InChI is InChI=1S/C12H13Cl2NO3S/c1-7-5-8(12(16)15(2)9-3-4-9)6-10(11(7)13)19(14,17)18/h5-6,9H,3-4H2,1-2H3. The van der Waals surface area contributed by atoms with Gasteiger partial charge in [-0.1, -0.05) is 11.6 Å². The molecular formula is C12H13Cl2NO3S. The van der Waals surface area contributed by atoms with E-state index in [0.717, 1.165) is 12.8 Å². The topological polar surface area (TPSA) is 54.5 Å². The van der Waals surface area contributed by atoms with Gasteiger partial charge in [-0.3, -0.25) is 4.79 Å². The molecule has 0 radical (unpaired) electrons. The molecule has 0 bridgehead atoms. The number of aryl methyl sites for hydroxylation is 1. The average Bonchev–Trinajstić information content (AvgIpc) is 3.13. The van der Waals surface area contributed by atoms with E-state index in [1.165, 1.54) is 6.07 Å². The van der Waals surface area contributed by atoms with Crippen molar-refractivity contribution in [3.05, 3.63) is 28.3 Å². The zero-order valence-corrected chi connectivity index (χ0v) is 12.8. The Bertz CT molecular complexity index is 639. The van der Waals surface area contributed by atoms with Crippen molar-refractivity contribution in [2.75, 3.05) is 7.05 Å². The minimum absolute atomic E-state index is 0.0561. The Morgan fingerprint density at radius 3 is 2.42 bits per heavy atom. The predicted octanol–water partition coefficient (Wildman–Crippen LogP) is 2.81. The number of halogens is 2. The second-order valence-corrected chi connectivity index (χ2v) is 7.60. The second kappa shape index (κ2) is 4.96. The van der Waals surface area contributed by atoms with Gasteiger partial charge < -0.3 is 4.90 Å². The maximum absolute atomic E-state index is 12.2. The summed E-state index contributed by atoms with van der Waals surface area (Å²) in [6, 6.07) is 3.06. The monoisotopic (exact) mass is 321 g/mol. The average molecular weight is 322 g/mol. The molecule has 2 rings (SSSR count). The molecule has 0 saturated heterocycles. The Labute approximate surface area is 121 Å². The summed E-state index contributed by atoms with van der Waals surface area (Å²) in [5.74, 6) is -0.219. The summed E-state index contributed by atoms with van der Waals surface area (Å²) in [5.41, 5.74) is 0.798. The van der Waals surface area contributed by atoms with E-state index < -0.39 is 9.05 Å². The van der Waals surface area contributed by atoms with Crippen LogP contribution in [-0.2, 0) is 9.05 Å². The largest absolute Gasteiger partial charge is 0.339 e. The Hall–Kier alpha value is -0.780. The van der Waals surface area contributed by atoms with Crippen molar-refractivity contribution in [1.29, 1.82) is 0 Å². The summed E-state index contributed by atoms with van der Waals surface area (Å²) in [7, 11) is 3.06. The molecule has 0 unspecified atom stereocenters. The number of hydrogen-bond donors (Lipinski definition) is 0. The summed E-state index contributed by atoms with van der Waals surface area (Å²) in [5, 5.41) is 0.0561. The highest BCUT2D eigenvalue weighted by Gasteiger charge is 2.31. The number of hydrogen-bond acceptors (Lipinski definition) is 3. The van der Waals surface area contributed by atoms with Crippen molar-refractivity contribution < 1.29 is 13.2 Å². The van der Waals surface area contributed by atoms with Crippen LogP contribution in [0.1, 0.15) is 28.8 Å². The van der Waals surface area contributed by atoms with E-state index in [1.54, 1.807) is 24.9 Å². The van der Waals surface area contributed by atoms with Crippen molar-refractivity contribution in [1.82, 2.24) is 4.90 Å². The lowest BCUT2D eigenvalue weighted by Crippen LogP contribution is -2.28. The summed E-state index contributed by atoms with van der Waals surface area (Å²) >= 11 is 5.92. The number of carbonyl (C=O) groups excluding carboxylic acids is 1. The highest BCUT2D eigenvalue weighted by atomic mass is 35.7. The van der Waals surface area contributed by atoms with Crippen LogP contribution in [0, 0.1) is 6.92 Å². The fourth-order valence-electron chi connectivity index (χ4n) is 1.87. The number of nitrogens with zero attached hydrogens (tertiary/aromatic N) is 1. The Balaban J connectivity index is 2.47. The van der Waals surface area contributed by atoms with Crippen LogP contribution < -0.4 is 0 Å². The highest BCUT2D eigenvalue weighted by molar-refractivity contribution is 8.13. The first-order valence-corrected chi connectivity index (χ1v) is 8.42. The molecule has 0 aliphatic heterocycles. The Morgan fingerprint density at radius 2 is 1.95 bits per heavy atom. The third-order valence-corrected chi connectivity index (χ3v) is 5.11. The van der Waals surface area contributed by atoms with E-state index >= 15 is 0 Å². The van der Waals surface area contributed by atoms with Gasteiger partial charge in [0.25, 0.3) is 15.0 Å².